The predicted molar refractivity (Wildman–Crippen MR) is 83.9 cm³/mol. The molecule has 21 heavy (non-hydrogen) atoms. The summed E-state index contributed by atoms with van der Waals surface area (Å²) >= 11 is 3.39. The summed E-state index contributed by atoms with van der Waals surface area (Å²) in [6.07, 6.45) is 3.76. The molecule has 1 N–H and O–H groups in total. The van der Waals surface area contributed by atoms with Crippen LogP contribution in [0.1, 0.15) is 36.0 Å². The molecular weight excluding hydrogens is 332 g/mol. The Balaban J connectivity index is 1.55. The lowest BCUT2D eigenvalue weighted by Gasteiger charge is -2.31. The van der Waals surface area contributed by atoms with Gasteiger partial charge >= 0.3 is 0 Å². The number of hydrogen-bond acceptors (Lipinski definition) is 2. The van der Waals surface area contributed by atoms with E-state index in [-0.39, 0.29) is 17.7 Å². The normalized spacial score (nSPS) is 19.4. The molecule has 0 bridgehead atoms. The van der Waals surface area contributed by atoms with Crippen LogP contribution in [0.15, 0.2) is 28.7 Å². The third-order valence-corrected chi connectivity index (χ3v) is 4.64. The molecule has 2 fully saturated rings. The van der Waals surface area contributed by atoms with Crippen molar-refractivity contribution >= 4 is 27.7 Å². The van der Waals surface area contributed by atoms with Crippen molar-refractivity contribution in [3.8, 4) is 0 Å². The first-order valence-electron chi connectivity index (χ1n) is 7.49. The number of rotatable bonds is 3. The van der Waals surface area contributed by atoms with E-state index in [2.05, 4.69) is 21.2 Å². The van der Waals surface area contributed by atoms with Crippen molar-refractivity contribution in [2.45, 2.75) is 31.7 Å². The molecule has 0 spiro atoms. The van der Waals surface area contributed by atoms with Crippen LogP contribution in [0.5, 0.6) is 0 Å². The highest BCUT2D eigenvalue weighted by Crippen LogP contribution is 2.23. The van der Waals surface area contributed by atoms with Crippen molar-refractivity contribution in [1.29, 1.82) is 0 Å². The molecule has 1 aliphatic carbocycles. The summed E-state index contributed by atoms with van der Waals surface area (Å²) in [4.78, 5) is 26.3. The van der Waals surface area contributed by atoms with Gasteiger partial charge in [0.1, 0.15) is 0 Å². The number of nitrogens with one attached hydrogen (secondary N) is 1. The summed E-state index contributed by atoms with van der Waals surface area (Å²) in [6, 6.07) is 7.87. The third-order valence-electron chi connectivity index (χ3n) is 4.15. The van der Waals surface area contributed by atoms with Gasteiger partial charge in [-0.25, -0.2) is 0 Å². The van der Waals surface area contributed by atoms with E-state index >= 15 is 0 Å². The lowest BCUT2D eigenvalue weighted by Crippen LogP contribution is -2.43. The number of benzene rings is 1. The molecule has 4 nitrogen and oxygen atoms in total. The molecule has 0 radical (unpaired) electrons. The Labute approximate surface area is 133 Å². The number of likely N-dealkylation sites (tertiary alicyclic amines) is 1. The molecule has 0 aromatic heterocycles. The molecule has 112 valence electrons. The highest BCUT2D eigenvalue weighted by Gasteiger charge is 2.31. The Morgan fingerprint density at radius 1 is 1.14 bits per heavy atom. The maximum Gasteiger partial charge on any atom is 0.253 e. The second-order valence-corrected chi connectivity index (χ2v) is 6.78. The van der Waals surface area contributed by atoms with Gasteiger partial charge in [0, 0.05) is 35.1 Å². The van der Waals surface area contributed by atoms with E-state index in [0.29, 0.717) is 24.7 Å². The van der Waals surface area contributed by atoms with Gasteiger partial charge in [0.25, 0.3) is 5.91 Å². The minimum absolute atomic E-state index is 0.0531. The molecule has 1 saturated carbocycles. The Morgan fingerprint density at radius 2 is 1.86 bits per heavy atom. The van der Waals surface area contributed by atoms with Crippen molar-refractivity contribution in [3.63, 3.8) is 0 Å². The second kappa shape index (κ2) is 6.18. The molecule has 1 aromatic rings. The zero-order valence-corrected chi connectivity index (χ0v) is 13.4. The van der Waals surface area contributed by atoms with E-state index in [1.165, 1.54) is 0 Å². The number of halogens is 1. The SMILES string of the molecule is O=C(NC1CC1)C1CCN(C(=O)c2cccc(Br)c2)CC1. The van der Waals surface area contributed by atoms with Crippen molar-refractivity contribution in [1.82, 2.24) is 10.2 Å². The molecule has 1 heterocycles. The molecule has 2 amide bonds. The van der Waals surface area contributed by atoms with Crippen LogP contribution < -0.4 is 5.32 Å². The van der Waals surface area contributed by atoms with E-state index in [9.17, 15) is 9.59 Å². The predicted octanol–water partition coefficient (Wildman–Crippen LogP) is 2.58. The highest BCUT2D eigenvalue weighted by atomic mass is 79.9. The van der Waals surface area contributed by atoms with Gasteiger partial charge in [-0.1, -0.05) is 22.0 Å². The maximum absolute atomic E-state index is 12.4. The van der Waals surface area contributed by atoms with Crippen LogP contribution in [0.4, 0.5) is 0 Å². The largest absolute Gasteiger partial charge is 0.353 e. The molecule has 1 aromatic carbocycles. The maximum atomic E-state index is 12.4. The zero-order chi connectivity index (χ0) is 14.8. The van der Waals surface area contributed by atoms with Crippen molar-refractivity contribution in [2.24, 2.45) is 5.92 Å². The van der Waals surface area contributed by atoms with E-state index in [1.807, 2.05) is 29.2 Å². The van der Waals surface area contributed by atoms with Gasteiger partial charge in [-0.2, -0.15) is 0 Å². The summed E-state index contributed by atoms with van der Waals surface area (Å²) in [7, 11) is 0. The molecule has 0 unspecified atom stereocenters. The van der Waals surface area contributed by atoms with E-state index in [4.69, 9.17) is 0 Å². The van der Waals surface area contributed by atoms with E-state index in [1.54, 1.807) is 0 Å². The monoisotopic (exact) mass is 350 g/mol. The van der Waals surface area contributed by atoms with Crippen LogP contribution in [0, 0.1) is 5.92 Å². The molecule has 0 atom stereocenters. The van der Waals surface area contributed by atoms with Crippen molar-refractivity contribution in [2.75, 3.05) is 13.1 Å². The third kappa shape index (κ3) is 3.64. The summed E-state index contributed by atoms with van der Waals surface area (Å²) in [5.74, 6) is 0.293. The fraction of sp³-hybridized carbons (Fsp3) is 0.500. The number of hydrogen-bond donors (Lipinski definition) is 1. The first kappa shape index (κ1) is 14.6. The van der Waals surface area contributed by atoms with Crippen molar-refractivity contribution in [3.05, 3.63) is 34.3 Å². The van der Waals surface area contributed by atoms with Crippen LogP contribution in [0.2, 0.25) is 0 Å². The lowest BCUT2D eigenvalue weighted by atomic mass is 9.95. The van der Waals surface area contributed by atoms with Gasteiger partial charge in [0.05, 0.1) is 0 Å². The van der Waals surface area contributed by atoms with Gasteiger partial charge < -0.3 is 10.2 Å². The fourth-order valence-electron chi connectivity index (χ4n) is 2.70. The molecule has 1 saturated heterocycles. The molecular formula is C16H19BrN2O2. The molecule has 3 rings (SSSR count). The Bertz CT molecular complexity index is 549. The molecule has 1 aliphatic heterocycles. The first-order chi connectivity index (χ1) is 10.1. The average molecular weight is 351 g/mol. The quantitative estimate of drug-likeness (QED) is 0.910. The average Bonchev–Trinajstić information content (AvgIpc) is 3.30. The number of amides is 2. The van der Waals surface area contributed by atoms with Crippen LogP contribution in [-0.4, -0.2) is 35.8 Å². The van der Waals surface area contributed by atoms with Crippen LogP contribution >= 0.6 is 15.9 Å². The van der Waals surface area contributed by atoms with Gasteiger partial charge in [-0.3, -0.25) is 9.59 Å². The Morgan fingerprint density at radius 3 is 2.48 bits per heavy atom. The number of carbonyl (C=O) groups is 2. The van der Waals surface area contributed by atoms with E-state index in [0.717, 1.165) is 30.2 Å². The highest BCUT2D eigenvalue weighted by molar-refractivity contribution is 9.10. The van der Waals surface area contributed by atoms with Crippen LogP contribution in [0.3, 0.4) is 0 Å². The smallest absolute Gasteiger partial charge is 0.253 e. The number of nitrogens with zero attached hydrogens (tertiary/aromatic N) is 1. The van der Waals surface area contributed by atoms with E-state index < -0.39 is 0 Å². The standard InChI is InChI=1S/C16H19BrN2O2/c17-13-3-1-2-12(10-13)16(21)19-8-6-11(7-9-19)15(20)18-14-4-5-14/h1-3,10-11,14H,4-9H2,(H,18,20). The molecule has 5 heteroatoms. The van der Waals surface area contributed by atoms with Crippen LogP contribution in [0.25, 0.3) is 0 Å². The first-order valence-corrected chi connectivity index (χ1v) is 8.28. The summed E-state index contributed by atoms with van der Waals surface area (Å²) in [5.41, 5.74) is 0.699. The van der Waals surface area contributed by atoms with Gasteiger partial charge in [0.15, 0.2) is 0 Å². The topological polar surface area (TPSA) is 49.4 Å². The van der Waals surface area contributed by atoms with Crippen LogP contribution in [-0.2, 0) is 4.79 Å². The number of carbonyl (C=O) groups excluding carboxylic acids is 2. The van der Waals surface area contributed by atoms with Gasteiger partial charge in [-0.15, -0.1) is 0 Å². The summed E-state index contributed by atoms with van der Waals surface area (Å²) in [6.45, 7) is 1.32. The van der Waals surface area contributed by atoms with Gasteiger partial charge in [-0.05, 0) is 43.9 Å². The fourth-order valence-corrected chi connectivity index (χ4v) is 3.09. The molecule has 2 aliphatic rings. The lowest BCUT2D eigenvalue weighted by molar-refractivity contribution is -0.126. The van der Waals surface area contributed by atoms with Crippen molar-refractivity contribution < 1.29 is 9.59 Å². The minimum Gasteiger partial charge on any atom is -0.353 e. The summed E-state index contributed by atoms with van der Waals surface area (Å²) < 4.78 is 0.909. The minimum atomic E-state index is 0.0531. The Kier molecular flexibility index (Phi) is 4.29. The zero-order valence-electron chi connectivity index (χ0n) is 11.8. The Hall–Kier alpha value is -1.36. The summed E-state index contributed by atoms with van der Waals surface area (Å²) in [5, 5.41) is 3.06. The number of piperidine rings is 1. The second-order valence-electron chi connectivity index (χ2n) is 5.86. The van der Waals surface area contributed by atoms with Gasteiger partial charge in [0.2, 0.25) is 5.91 Å².